The Morgan fingerprint density at radius 1 is 1.12 bits per heavy atom. The monoisotopic (exact) mass is 241 g/mol. The van der Waals surface area contributed by atoms with Crippen molar-refractivity contribution in [1.29, 1.82) is 0 Å². The molecule has 0 radical (unpaired) electrons. The second kappa shape index (κ2) is 8.10. The molecule has 0 saturated heterocycles. The molecule has 0 aliphatic heterocycles. The molecular weight excluding hydrogens is 210 g/mol. The zero-order valence-electron chi connectivity index (χ0n) is 12.2. The maximum atomic E-state index is 5.99. The Morgan fingerprint density at radius 2 is 1.71 bits per heavy atom. The van der Waals surface area contributed by atoms with E-state index in [0.29, 0.717) is 18.1 Å². The van der Waals surface area contributed by atoms with Crippen LogP contribution in [0, 0.1) is 11.8 Å². The molecule has 102 valence electrons. The largest absolute Gasteiger partial charge is 0.377 e. The quantitative estimate of drug-likeness (QED) is 0.717. The molecule has 1 N–H and O–H groups in total. The molecule has 1 saturated carbocycles. The van der Waals surface area contributed by atoms with Gasteiger partial charge in [-0.05, 0) is 38.6 Å². The van der Waals surface area contributed by atoms with Gasteiger partial charge in [-0.15, -0.1) is 0 Å². The summed E-state index contributed by atoms with van der Waals surface area (Å²) >= 11 is 0. The van der Waals surface area contributed by atoms with Crippen LogP contribution in [0.3, 0.4) is 0 Å². The molecule has 0 amide bonds. The van der Waals surface area contributed by atoms with Crippen LogP contribution < -0.4 is 5.32 Å². The molecule has 0 aromatic rings. The van der Waals surface area contributed by atoms with Crippen LogP contribution in [0.4, 0.5) is 0 Å². The second-order valence-corrected chi connectivity index (χ2v) is 5.73. The molecule has 0 spiro atoms. The van der Waals surface area contributed by atoms with Gasteiger partial charge in [-0.2, -0.15) is 0 Å². The van der Waals surface area contributed by atoms with Gasteiger partial charge >= 0.3 is 0 Å². The number of hydrogen-bond acceptors (Lipinski definition) is 2. The van der Waals surface area contributed by atoms with Crippen molar-refractivity contribution in [3.05, 3.63) is 0 Å². The first-order chi connectivity index (χ1) is 8.20. The minimum absolute atomic E-state index is 0.369. The number of nitrogens with one attached hydrogen (secondary N) is 1. The highest BCUT2D eigenvalue weighted by atomic mass is 16.5. The summed E-state index contributed by atoms with van der Waals surface area (Å²) in [6.07, 6.45) is 8.78. The fourth-order valence-electron chi connectivity index (χ4n) is 3.24. The van der Waals surface area contributed by atoms with E-state index in [4.69, 9.17) is 4.74 Å². The first-order valence-corrected chi connectivity index (χ1v) is 7.49. The molecule has 2 heteroatoms. The lowest BCUT2D eigenvalue weighted by Gasteiger charge is -2.35. The van der Waals surface area contributed by atoms with Gasteiger partial charge in [0.15, 0.2) is 0 Å². The smallest absolute Gasteiger partial charge is 0.0753 e. The second-order valence-electron chi connectivity index (χ2n) is 5.73. The van der Waals surface area contributed by atoms with E-state index in [1.54, 1.807) is 0 Å². The van der Waals surface area contributed by atoms with Crippen molar-refractivity contribution in [2.24, 2.45) is 11.8 Å². The predicted molar refractivity (Wildman–Crippen MR) is 74.3 cm³/mol. The third-order valence-electron chi connectivity index (χ3n) is 4.11. The van der Waals surface area contributed by atoms with E-state index >= 15 is 0 Å². The number of likely N-dealkylation sites (N-methyl/N-ethyl adjacent to an activating group) is 1. The summed E-state index contributed by atoms with van der Waals surface area (Å²) in [5.74, 6) is 1.40. The van der Waals surface area contributed by atoms with Crippen molar-refractivity contribution in [3.63, 3.8) is 0 Å². The van der Waals surface area contributed by atoms with Gasteiger partial charge in [0.05, 0.1) is 6.10 Å². The van der Waals surface area contributed by atoms with Gasteiger partial charge in [-0.25, -0.2) is 0 Å². The van der Waals surface area contributed by atoms with Crippen molar-refractivity contribution in [1.82, 2.24) is 5.32 Å². The maximum absolute atomic E-state index is 5.99. The third-order valence-corrected chi connectivity index (χ3v) is 4.11. The Hall–Kier alpha value is -0.0800. The molecule has 0 bridgehead atoms. The molecule has 2 unspecified atom stereocenters. The summed E-state index contributed by atoms with van der Waals surface area (Å²) in [5.41, 5.74) is 0. The van der Waals surface area contributed by atoms with E-state index < -0.39 is 0 Å². The fourth-order valence-corrected chi connectivity index (χ4v) is 3.24. The van der Waals surface area contributed by atoms with Gasteiger partial charge < -0.3 is 10.1 Å². The van der Waals surface area contributed by atoms with Crippen LogP contribution in [0.1, 0.15) is 59.3 Å². The molecule has 1 fully saturated rings. The van der Waals surface area contributed by atoms with Crippen molar-refractivity contribution >= 4 is 0 Å². The van der Waals surface area contributed by atoms with E-state index in [2.05, 4.69) is 33.1 Å². The Morgan fingerprint density at radius 3 is 2.12 bits per heavy atom. The summed E-state index contributed by atoms with van der Waals surface area (Å²) in [4.78, 5) is 0. The lowest BCUT2D eigenvalue weighted by molar-refractivity contribution is -0.0119. The van der Waals surface area contributed by atoms with E-state index in [1.807, 2.05) is 0 Å². The standard InChI is InChI=1S/C15H31NO/c1-5-17-15(12(2)3)14(16-4)13-10-8-6-7-9-11-13/h12-16H,5-11H2,1-4H3. The van der Waals surface area contributed by atoms with Crippen LogP contribution in [0.2, 0.25) is 0 Å². The molecule has 1 rings (SSSR count). The molecule has 1 aliphatic carbocycles. The first-order valence-electron chi connectivity index (χ1n) is 7.49. The Bertz CT molecular complexity index is 185. The number of ether oxygens (including phenoxy) is 1. The van der Waals surface area contributed by atoms with Crippen LogP contribution >= 0.6 is 0 Å². The van der Waals surface area contributed by atoms with Crippen molar-refractivity contribution < 1.29 is 4.74 Å². The topological polar surface area (TPSA) is 21.3 Å². The molecule has 17 heavy (non-hydrogen) atoms. The molecule has 0 aromatic heterocycles. The van der Waals surface area contributed by atoms with Crippen LogP contribution in [0.25, 0.3) is 0 Å². The highest BCUT2D eigenvalue weighted by Gasteiger charge is 2.30. The molecule has 0 aromatic carbocycles. The van der Waals surface area contributed by atoms with Crippen molar-refractivity contribution in [3.8, 4) is 0 Å². The minimum Gasteiger partial charge on any atom is -0.377 e. The van der Waals surface area contributed by atoms with Crippen LogP contribution in [0.15, 0.2) is 0 Å². The van der Waals surface area contributed by atoms with Gasteiger partial charge in [-0.3, -0.25) is 0 Å². The SMILES string of the molecule is CCOC(C(C)C)C(NC)C1CCCCCC1. The van der Waals surface area contributed by atoms with Crippen LogP contribution in [-0.2, 0) is 4.74 Å². The predicted octanol–water partition coefficient (Wildman–Crippen LogP) is 3.61. The van der Waals surface area contributed by atoms with Gasteiger partial charge in [-0.1, -0.05) is 39.5 Å². The van der Waals surface area contributed by atoms with E-state index in [-0.39, 0.29) is 0 Å². The van der Waals surface area contributed by atoms with Gasteiger partial charge in [0.25, 0.3) is 0 Å². The summed E-state index contributed by atoms with van der Waals surface area (Å²) in [7, 11) is 2.10. The maximum Gasteiger partial charge on any atom is 0.0753 e. The number of hydrogen-bond donors (Lipinski definition) is 1. The third kappa shape index (κ3) is 4.59. The molecular formula is C15H31NO. The number of rotatable bonds is 6. The summed E-state index contributed by atoms with van der Waals surface area (Å²) < 4.78 is 5.99. The minimum atomic E-state index is 0.369. The Labute approximate surface area is 108 Å². The molecule has 2 nitrogen and oxygen atoms in total. The van der Waals surface area contributed by atoms with Gasteiger partial charge in [0, 0.05) is 12.6 Å². The Balaban J connectivity index is 2.64. The normalized spacial score (nSPS) is 22.4. The summed E-state index contributed by atoms with van der Waals surface area (Å²) in [6, 6.07) is 0.535. The molecule has 2 atom stereocenters. The van der Waals surface area contributed by atoms with Crippen molar-refractivity contribution in [2.75, 3.05) is 13.7 Å². The van der Waals surface area contributed by atoms with Crippen LogP contribution in [0.5, 0.6) is 0 Å². The average molecular weight is 241 g/mol. The summed E-state index contributed by atoms with van der Waals surface area (Å²) in [6.45, 7) is 7.49. The van der Waals surface area contributed by atoms with Crippen LogP contribution in [-0.4, -0.2) is 25.8 Å². The zero-order valence-corrected chi connectivity index (χ0v) is 12.2. The zero-order chi connectivity index (χ0) is 12.7. The van der Waals surface area contributed by atoms with Gasteiger partial charge in [0.1, 0.15) is 0 Å². The fraction of sp³-hybridized carbons (Fsp3) is 1.00. The highest BCUT2D eigenvalue weighted by molar-refractivity contribution is 4.86. The lowest BCUT2D eigenvalue weighted by Crippen LogP contribution is -2.47. The average Bonchev–Trinajstić information content (AvgIpc) is 2.57. The Kier molecular flexibility index (Phi) is 7.14. The molecule has 0 heterocycles. The first kappa shape index (κ1) is 15.0. The van der Waals surface area contributed by atoms with E-state index in [1.165, 1.54) is 38.5 Å². The van der Waals surface area contributed by atoms with E-state index in [0.717, 1.165) is 12.5 Å². The van der Waals surface area contributed by atoms with Gasteiger partial charge in [0.2, 0.25) is 0 Å². The highest BCUT2D eigenvalue weighted by Crippen LogP contribution is 2.29. The molecule has 1 aliphatic rings. The van der Waals surface area contributed by atoms with E-state index in [9.17, 15) is 0 Å². The summed E-state index contributed by atoms with van der Waals surface area (Å²) in [5, 5.41) is 3.54. The lowest BCUT2D eigenvalue weighted by atomic mass is 9.84. The van der Waals surface area contributed by atoms with Crippen molar-refractivity contribution in [2.45, 2.75) is 71.4 Å².